The molecule has 1 aromatic heterocycles. The summed E-state index contributed by atoms with van der Waals surface area (Å²) in [5, 5.41) is 14.6. The fraction of sp³-hybridized carbons (Fsp3) is 0.154. The predicted molar refractivity (Wildman–Crippen MR) is 67.0 cm³/mol. The molecule has 1 heterocycles. The molecule has 0 aliphatic rings. The molecule has 2 aromatic rings. The second-order valence-corrected chi connectivity index (χ2v) is 4.10. The number of carbonyl (C=O) groups is 1. The van der Waals surface area contributed by atoms with E-state index in [-0.39, 0.29) is 12.1 Å². The van der Waals surface area contributed by atoms with Crippen LogP contribution in [-0.4, -0.2) is 15.7 Å². The summed E-state index contributed by atoms with van der Waals surface area (Å²) in [4.78, 5) is 11.7. The summed E-state index contributed by atoms with van der Waals surface area (Å²) in [5.41, 5.74) is -0.497. The normalized spacial score (nSPS) is 11.0. The highest BCUT2D eigenvalue weighted by molar-refractivity contribution is 5.91. The van der Waals surface area contributed by atoms with Crippen LogP contribution in [0.5, 0.6) is 0 Å². The molecule has 0 bridgehead atoms. The number of alkyl halides is 3. The number of nitrogens with zero attached hydrogens (tertiary/aromatic N) is 3. The molecule has 0 unspecified atom stereocenters. The lowest BCUT2D eigenvalue weighted by Gasteiger charge is -2.07. The number of nitrogens with one attached hydrogen (secondary N) is 1. The van der Waals surface area contributed by atoms with Crippen LogP contribution < -0.4 is 5.32 Å². The third-order valence-corrected chi connectivity index (χ3v) is 2.56. The van der Waals surface area contributed by atoms with Gasteiger partial charge in [-0.15, -0.1) is 0 Å². The van der Waals surface area contributed by atoms with E-state index in [2.05, 4.69) is 10.4 Å². The van der Waals surface area contributed by atoms with Crippen LogP contribution in [0.2, 0.25) is 0 Å². The molecule has 1 amide bonds. The Bertz CT molecular complexity index is 700. The Labute approximate surface area is 117 Å². The molecule has 1 N–H and O–H groups in total. The fourth-order valence-corrected chi connectivity index (χ4v) is 1.63. The first-order valence-corrected chi connectivity index (χ1v) is 5.80. The molecule has 5 nitrogen and oxygen atoms in total. The standard InChI is InChI=1S/C13H9F3N4O/c14-13(15,16)11-5-6-20(19-11)8-12(21)18-10-4-2-1-3-9(10)7-17/h1-6H,8H2,(H,18,21). The van der Waals surface area contributed by atoms with Gasteiger partial charge in [-0.25, -0.2) is 0 Å². The largest absolute Gasteiger partial charge is 0.435 e. The monoisotopic (exact) mass is 294 g/mol. The lowest BCUT2D eigenvalue weighted by atomic mass is 10.2. The van der Waals surface area contributed by atoms with Crippen molar-refractivity contribution in [3.05, 3.63) is 47.8 Å². The van der Waals surface area contributed by atoms with Crippen molar-refractivity contribution in [2.24, 2.45) is 0 Å². The summed E-state index contributed by atoms with van der Waals surface area (Å²) in [6.45, 7) is -0.379. The van der Waals surface area contributed by atoms with E-state index in [4.69, 9.17) is 5.26 Å². The van der Waals surface area contributed by atoms with Crippen LogP contribution in [0.4, 0.5) is 18.9 Å². The minimum atomic E-state index is -4.55. The second-order valence-electron chi connectivity index (χ2n) is 4.10. The zero-order valence-electron chi connectivity index (χ0n) is 10.6. The highest BCUT2D eigenvalue weighted by Gasteiger charge is 2.33. The van der Waals surface area contributed by atoms with Gasteiger partial charge in [0.1, 0.15) is 12.6 Å². The van der Waals surface area contributed by atoms with E-state index in [9.17, 15) is 18.0 Å². The second kappa shape index (κ2) is 5.66. The molecule has 2 rings (SSSR count). The van der Waals surface area contributed by atoms with E-state index in [1.807, 2.05) is 6.07 Å². The highest BCUT2D eigenvalue weighted by atomic mass is 19.4. The van der Waals surface area contributed by atoms with E-state index >= 15 is 0 Å². The number of carbonyl (C=O) groups excluding carboxylic acids is 1. The number of halogens is 3. The third kappa shape index (κ3) is 3.60. The molecule has 0 saturated heterocycles. The lowest BCUT2D eigenvalue weighted by Crippen LogP contribution is -2.20. The zero-order chi connectivity index (χ0) is 15.5. The maximum atomic E-state index is 12.4. The van der Waals surface area contributed by atoms with E-state index in [0.717, 1.165) is 16.9 Å². The first-order valence-electron chi connectivity index (χ1n) is 5.80. The van der Waals surface area contributed by atoms with E-state index in [1.165, 1.54) is 12.1 Å². The predicted octanol–water partition coefficient (Wildman–Crippen LogP) is 2.41. The minimum absolute atomic E-state index is 0.266. The highest BCUT2D eigenvalue weighted by Crippen LogP contribution is 2.27. The Morgan fingerprint density at radius 2 is 2.05 bits per heavy atom. The quantitative estimate of drug-likeness (QED) is 0.945. The molecule has 1 aromatic carbocycles. The van der Waals surface area contributed by atoms with Gasteiger partial charge in [0.25, 0.3) is 0 Å². The van der Waals surface area contributed by atoms with Crippen molar-refractivity contribution in [3.63, 3.8) is 0 Å². The van der Waals surface area contributed by atoms with Crippen molar-refractivity contribution >= 4 is 11.6 Å². The molecule has 8 heteroatoms. The van der Waals surface area contributed by atoms with Crippen molar-refractivity contribution in [2.45, 2.75) is 12.7 Å². The van der Waals surface area contributed by atoms with E-state index < -0.39 is 17.8 Å². The Balaban J connectivity index is 2.06. The Kier molecular flexibility index (Phi) is 3.93. The molecular weight excluding hydrogens is 285 g/mol. The molecule has 108 valence electrons. The molecule has 0 fully saturated rings. The Morgan fingerprint density at radius 1 is 1.33 bits per heavy atom. The molecule has 0 atom stereocenters. The smallest absolute Gasteiger partial charge is 0.323 e. The van der Waals surface area contributed by atoms with Crippen molar-refractivity contribution in [1.82, 2.24) is 9.78 Å². The number of para-hydroxylation sites is 1. The minimum Gasteiger partial charge on any atom is -0.323 e. The summed E-state index contributed by atoms with van der Waals surface area (Å²) in [6.07, 6.45) is -3.48. The number of rotatable bonds is 3. The number of amides is 1. The summed E-state index contributed by atoms with van der Waals surface area (Å²) < 4.78 is 38.0. The number of anilines is 1. The van der Waals surface area contributed by atoms with Crippen LogP contribution in [0.3, 0.4) is 0 Å². The first kappa shape index (κ1) is 14.6. The van der Waals surface area contributed by atoms with Crippen LogP contribution in [0.1, 0.15) is 11.3 Å². The zero-order valence-corrected chi connectivity index (χ0v) is 10.6. The van der Waals surface area contributed by atoms with Crippen LogP contribution in [0.15, 0.2) is 36.5 Å². The van der Waals surface area contributed by atoms with Gasteiger partial charge in [0, 0.05) is 6.20 Å². The molecule has 0 aliphatic heterocycles. The molecule has 0 radical (unpaired) electrons. The number of benzene rings is 1. The molecule has 0 aliphatic carbocycles. The molecule has 0 saturated carbocycles. The van der Waals surface area contributed by atoms with Gasteiger partial charge in [-0.2, -0.15) is 23.5 Å². The van der Waals surface area contributed by atoms with Crippen molar-refractivity contribution in [2.75, 3.05) is 5.32 Å². The summed E-state index contributed by atoms with van der Waals surface area (Å²) in [6, 6.07) is 9.01. The van der Waals surface area contributed by atoms with Gasteiger partial charge in [-0.05, 0) is 18.2 Å². The number of aromatic nitrogens is 2. The lowest BCUT2D eigenvalue weighted by molar-refractivity contribution is -0.141. The first-order chi connectivity index (χ1) is 9.90. The number of hydrogen-bond acceptors (Lipinski definition) is 3. The number of hydrogen-bond donors (Lipinski definition) is 1. The molecule has 21 heavy (non-hydrogen) atoms. The average Bonchev–Trinajstić information content (AvgIpc) is 2.87. The molecule has 0 spiro atoms. The summed E-state index contributed by atoms with van der Waals surface area (Å²) in [5.74, 6) is -0.575. The van der Waals surface area contributed by atoms with Crippen LogP contribution in [-0.2, 0) is 17.5 Å². The van der Waals surface area contributed by atoms with Crippen molar-refractivity contribution in [1.29, 1.82) is 5.26 Å². The number of nitriles is 1. The van der Waals surface area contributed by atoms with Gasteiger partial charge in [-0.1, -0.05) is 12.1 Å². The molecular formula is C13H9F3N4O. The van der Waals surface area contributed by atoms with Crippen LogP contribution in [0.25, 0.3) is 0 Å². The van der Waals surface area contributed by atoms with Crippen molar-refractivity contribution in [3.8, 4) is 6.07 Å². The summed E-state index contributed by atoms with van der Waals surface area (Å²) in [7, 11) is 0. The van der Waals surface area contributed by atoms with Gasteiger partial charge >= 0.3 is 6.18 Å². The van der Waals surface area contributed by atoms with Gasteiger partial charge in [0.2, 0.25) is 5.91 Å². The average molecular weight is 294 g/mol. The fourth-order valence-electron chi connectivity index (χ4n) is 1.63. The van der Waals surface area contributed by atoms with E-state index in [1.54, 1.807) is 12.1 Å². The SMILES string of the molecule is N#Cc1ccccc1NC(=O)Cn1ccc(C(F)(F)F)n1. The topological polar surface area (TPSA) is 70.7 Å². The summed E-state index contributed by atoms with van der Waals surface area (Å²) >= 11 is 0. The van der Waals surface area contributed by atoms with Gasteiger partial charge in [0.05, 0.1) is 11.3 Å². The van der Waals surface area contributed by atoms with Gasteiger partial charge < -0.3 is 5.32 Å². The van der Waals surface area contributed by atoms with Crippen molar-refractivity contribution < 1.29 is 18.0 Å². The third-order valence-electron chi connectivity index (χ3n) is 2.56. The van der Waals surface area contributed by atoms with Crippen LogP contribution >= 0.6 is 0 Å². The maximum Gasteiger partial charge on any atom is 0.435 e. The van der Waals surface area contributed by atoms with E-state index in [0.29, 0.717) is 5.69 Å². The van der Waals surface area contributed by atoms with Gasteiger partial charge in [0.15, 0.2) is 5.69 Å². The van der Waals surface area contributed by atoms with Crippen LogP contribution in [0, 0.1) is 11.3 Å². The Hall–Kier alpha value is -2.82. The van der Waals surface area contributed by atoms with Gasteiger partial charge in [-0.3, -0.25) is 9.48 Å². The maximum absolute atomic E-state index is 12.4. The Morgan fingerprint density at radius 3 is 2.67 bits per heavy atom.